The Hall–Kier alpha value is -3.45. The van der Waals surface area contributed by atoms with Crippen molar-refractivity contribution in [3.63, 3.8) is 0 Å². The van der Waals surface area contributed by atoms with Gasteiger partial charge in [-0.3, -0.25) is 14.8 Å². The molecule has 1 heterocycles. The summed E-state index contributed by atoms with van der Waals surface area (Å²) < 4.78 is 5.19. The fraction of sp³-hybridized carbons (Fsp3) is 0.105. The third kappa shape index (κ3) is 3.62. The first kappa shape index (κ1) is 17.4. The Bertz CT molecular complexity index is 1060. The van der Waals surface area contributed by atoms with Gasteiger partial charge in [0.25, 0.3) is 11.8 Å². The Morgan fingerprint density at radius 3 is 2.65 bits per heavy atom. The Kier molecular flexibility index (Phi) is 4.81. The summed E-state index contributed by atoms with van der Waals surface area (Å²) in [4.78, 5) is 35.8. The maximum atomic E-state index is 12.4. The van der Waals surface area contributed by atoms with Crippen molar-refractivity contribution in [2.75, 3.05) is 0 Å². The van der Waals surface area contributed by atoms with Crippen molar-refractivity contribution >= 4 is 22.8 Å². The topological polar surface area (TPSA) is 109 Å². The third-order valence-electron chi connectivity index (χ3n) is 3.88. The number of carbonyl (C=O) groups is 2. The van der Waals surface area contributed by atoms with E-state index in [0.29, 0.717) is 16.5 Å². The maximum Gasteiger partial charge on any atom is 0.349 e. The highest BCUT2D eigenvalue weighted by Gasteiger charge is 2.14. The second kappa shape index (κ2) is 7.20. The first-order valence-corrected chi connectivity index (χ1v) is 7.84. The maximum absolute atomic E-state index is 12.4. The molecule has 7 heteroatoms. The Morgan fingerprint density at radius 2 is 1.88 bits per heavy atom. The molecule has 2 aromatic carbocycles. The number of aryl methyl sites for hydroxylation is 1. The minimum absolute atomic E-state index is 0.0904. The average Bonchev–Trinajstić information content (AvgIpc) is 2.65. The van der Waals surface area contributed by atoms with Crippen LogP contribution in [-0.4, -0.2) is 17.0 Å². The van der Waals surface area contributed by atoms with Gasteiger partial charge in [-0.1, -0.05) is 23.8 Å². The molecule has 3 N–H and O–H groups in total. The summed E-state index contributed by atoms with van der Waals surface area (Å²) in [6.07, 6.45) is 0. The predicted octanol–water partition coefficient (Wildman–Crippen LogP) is 2.15. The van der Waals surface area contributed by atoms with Gasteiger partial charge in [0.15, 0.2) is 0 Å². The molecule has 132 valence electrons. The predicted molar refractivity (Wildman–Crippen MR) is 94.1 cm³/mol. The molecule has 0 spiro atoms. The van der Waals surface area contributed by atoms with E-state index in [9.17, 15) is 14.4 Å². The van der Waals surface area contributed by atoms with E-state index in [1.54, 1.807) is 23.7 Å². The van der Waals surface area contributed by atoms with E-state index >= 15 is 0 Å². The SMILES string of the molecule is Cc1ccc2oc(=O)c(C(=O)NCc3cccc(C(=O)NO)c3)cc2c1. The minimum atomic E-state index is -0.715. The Labute approximate surface area is 148 Å². The molecule has 2 amide bonds. The fourth-order valence-corrected chi connectivity index (χ4v) is 2.57. The van der Waals surface area contributed by atoms with Crippen molar-refractivity contribution in [1.82, 2.24) is 10.8 Å². The molecule has 0 aliphatic rings. The standard InChI is InChI=1S/C19H16N2O5/c1-11-5-6-16-14(7-11)9-15(19(24)26-16)18(23)20-10-12-3-2-4-13(8-12)17(22)21-25/h2-9,25H,10H2,1H3,(H,20,23)(H,21,22). The van der Waals surface area contributed by atoms with Gasteiger partial charge in [-0.05, 0) is 42.8 Å². The zero-order valence-corrected chi connectivity index (χ0v) is 13.9. The zero-order chi connectivity index (χ0) is 18.7. The van der Waals surface area contributed by atoms with Crippen LogP contribution >= 0.6 is 0 Å². The lowest BCUT2D eigenvalue weighted by molar-refractivity contribution is 0.0706. The fourth-order valence-electron chi connectivity index (χ4n) is 2.57. The van der Waals surface area contributed by atoms with Crippen molar-refractivity contribution < 1.29 is 19.2 Å². The number of nitrogens with one attached hydrogen (secondary N) is 2. The van der Waals surface area contributed by atoms with E-state index in [0.717, 1.165) is 5.56 Å². The van der Waals surface area contributed by atoms with E-state index in [1.165, 1.54) is 18.2 Å². The highest BCUT2D eigenvalue weighted by atomic mass is 16.5. The van der Waals surface area contributed by atoms with Crippen molar-refractivity contribution in [2.45, 2.75) is 13.5 Å². The number of fused-ring (bicyclic) bond motifs is 1. The lowest BCUT2D eigenvalue weighted by Gasteiger charge is -2.07. The molecule has 0 saturated carbocycles. The molecule has 0 bridgehead atoms. The molecule has 3 rings (SSSR count). The summed E-state index contributed by atoms with van der Waals surface area (Å²) in [7, 11) is 0. The molecule has 0 aliphatic carbocycles. The van der Waals surface area contributed by atoms with Crippen LogP contribution in [0.25, 0.3) is 11.0 Å². The largest absolute Gasteiger partial charge is 0.422 e. The minimum Gasteiger partial charge on any atom is -0.422 e. The first-order valence-electron chi connectivity index (χ1n) is 7.84. The quantitative estimate of drug-likeness (QED) is 0.379. The van der Waals surface area contributed by atoms with Crippen LogP contribution in [-0.2, 0) is 6.54 Å². The van der Waals surface area contributed by atoms with Crippen LogP contribution in [0.15, 0.2) is 57.7 Å². The van der Waals surface area contributed by atoms with E-state index < -0.39 is 17.4 Å². The normalized spacial score (nSPS) is 10.5. The first-order chi connectivity index (χ1) is 12.5. The van der Waals surface area contributed by atoms with Crippen LogP contribution in [0.3, 0.4) is 0 Å². The Balaban J connectivity index is 1.80. The lowest BCUT2D eigenvalue weighted by atomic mass is 10.1. The van der Waals surface area contributed by atoms with Crippen molar-refractivity contribution in [2.24, 2.45) is 0 Å². The number of benzene rings is 2. The molecule has 0 fully saturated rings. The van der Waals surface area contributed by atoms with Gasteiger partial charge >= 0.3 is 5.63 Å². The summed E-state index contributed by atoms with van der Waals surface area (Å²) in [6, 6.07) is 13.2. The molecule has 7 nitrogen and oxygen atoms in total. The van der Waals surface area contributed by atoms with Gasteiger partial charge in [0, 0.05) is 17.5 Å². The smallest absolute Gasteiger partial charge is 0.349 e. The van der Waals surface area contributed by atoms with Gasteiger partial charge in [-0.25, -0.2) is 10.3 Å². The molecule has 0 atom stereocenters. The van der Waals surface area contributed by atoms with Gasteiger partial charge in [0.05, 0.1) is 0 Å². The van der Waals surface area contributed by atoms with E-state index in [-0.39, 0.29) is 17.7 Å². The van der Waals surface area contributed by atoms with E-state index in [1.807, 2.05) is 19.1 Å². The van der Waals surface area contributed by atoms with Gasteiger partial charge in [0.2, 0.25) is 0 Å². The molecule has 0 unspecified atom stereocenters. The molecule has 1 aromatic heterocycles. The highest BCUT2D eigenvalue weighted by Crippen LogP contribution is 2.15. The molecule has 3 aromatic rings. The number of amides is 2. The summed E-state index contributed by atoms with van der Waals surface area (Å²) in [6.45, 7) is 2.01. The highest BCUT2D eigenvalue weighted by molar-refractivity contribution is 5.97. The van der Waals surface area contributed by atoms with Crippen LogP contribution in [0, 0.1) is 6.92 Å². The van der Waals surface area contributed by atoms with Gasteiger partial charge in [0.1, 0.15) is 11.1 Å². The van der Waals surface area contributed by atoms with E-state index in [4.69, 9.17) is 9.62 Å². The van der Waals surface area contributed by atoms with Crippen molar-refractivity contribution in [1.29, 1.82) is 0 Å². The second-order valence-electron chi connectivity index (χ2n) is 5.81. The van der Waals surface area contributed by atoms with Gasteiger partial charge < -0.3 is 9.73 Å². The summed E-state index contributed by atoms with van der Waals surface area (Å²) in [5.41, 5.74) is 3.03. The molecular formula is C19H16N2O5. The van der Waals surface area contributed by atoms with Crippen LogP contribution < -0.4 is 16.4 Å². The summed E-state index contributed by atoms with van der Waals surface area (Å²) in [5, 5.41) is 12.0. The van der Waals surface area contributed by atoms with Crippen LogP contribution in [0.5, 0.6) is 0 Å². The zero-order valence-electron chi connectivity index (χ0n) is 13.9. The lowest BCUT2D eigenvalue weighted by Crippen LogP contribution is -2.28. The molecular weight excluding hydrogens is 336 g/mol. The molecule has 26 heavy (non-hydrogen) atoms. The number of carbonyl (C=O) groups excluding carboxylic acids is 2. The summed E-state index contributed by atoms with van der Waals surface area (Å²) >= 11 is 0. The van der Waals surface area contributed by atoms with Crippen LogP contribution in [0.2, 0.25) is 0 Å². The second-order valence-corrected chi connectivity index (χ2v) is 5.81. The Morgan fingerprint density at radius 1 is 1.08 bits per heavy atom. The molecule has 0 saturated heterocycles. The number of hydroxylamine groups is 1. The van der Waals surface area contributed by atoms with Crippen LogP contribution in [0.1, 0.15) is 31.8 Å². The van der Waals surface area contributed by atoms with Gasteiger partial charge in [-0.15, -0.1) is 0 Å². The molecule has 0 aliphatic heterocycles. The van der Waals surface area contributed by atoms with Crippen molar-refractivity contribution in [3.05, 3.63) is 81.2 Å². The monoisotopic (exact) mass is 352 g/mol. The number of rotatable bonds is 4. The summed E-state index contributed by atoms with van der Waals surface area (Å²) in [5.74, 6) is -1.22. The van der Waals surface area contributed by atoms with E-state index in [2.05, 4.69) is 5.32 Å². The van der Waals surface area contributed by atoms with Crippen LogP contribution in [0.4, 0.5) is 0 Å². The third-order valence-corrected chi connectivity index (χ3v) is 3.88. The average molecular weight is 352 g/mol. The molecule has 0 radical (unpaired) electrons. The number of hydrogen-bond acceptors (Lipinski definition) is 5. The number of hydrogen-bond donors (Lipinski definition) is 3. The van der Waals surface area contributed by atoms with Crippen molar-refractivity contribution in [3.8, 4) is 0 Å². The van der Waals surface area contributed by atoms with Gasteiger partial charge in [-0.2, -0.15) is 0 Å².